The number of carbonyl (C=O) groups is 2. The lowest BCUT2D eigenvalue weighted by Gasteiger charge is -2.04. The van der Waals surface area contributed by atoms with Gasteiger partial charge in [0.05, 0.1) is 13.5 Å². The number of nitrogens with two attached hydrogens (primary N) is 1. The van der Waals surface area contributed by atoms with Crippen molar-refractivity contribution in [3.8, 4) is 0 Å². The zero-order valence-electron chi connectivity index (χ0n) is 9.50. The Kier molecular flexibility index (Phi) is 7.34. The first kappa shape index (κ1) is 15.7. The number of carbonyl (C=O) groups excluding carboxylic acids is 2. The highest BCUT2D eigenvalue weighted by atomic mass is 35.5. The Morgan fingerprint density at radius 1 is 1.41 bits per heavy atom. The SMILES string of the molecule is CC(=O)Cl.COC(=O)Cc1cc(Cl)ccc1N. The number of hydrogen-bond acceptors (Lipinski definition) is 4. The van der Waals surface area contributed by atoms with Gasteiger partial charge in [0, 0.05) is 17.6 Å². The van der Waals surface area contributed by atoms with Crippen molar-refractivity contribution in [2.75, 3.05) is 12.8 Å². The zero-order valence-corrected chi connectivity index (χ0v) is 11.0. The van der Waals surface area contributed by atoms with Crippen LogP contribution in [0.3, 0.4) is 0 Å². The predicted molar refractivity (Wildman–Crippen MR) is 68.1 cm³/mol. The van der Waals surface area contributed by atoms with Crippen LogP contribution in [0.2, 0.25) is 5.02 Å². The molecule has 94 valence electrons. The van der Waals surface area contributed by atoms with Crippen molar-refractivity contribution in [1.29, 1.82) is 0 Å². The molecule has 4 nitrogen and oxygen atoms in total. The van der Waals surface area contributed by atoms with Crippen molar-refractivity contribution in [1.82, 2.24) is 0 Å². The molecule has 1 aromatic carbocycles. The lowest BCUT2D eigenvalue weighted by Crippen LogP contribution is -2.06. The molecule has 0 atom stereocenters. The fourth-order valence-electron chi connectivity index (χ4n) is 0.955. The van der Waals surface area contributed by atoms with E-state index in [1.54, 1.807) is 18.2 Å². The van der Waals surface area contributed by atoms with Gasteiger partial charge in [0.2, 0.25) is 5.24 Å². The van der Waals surface area contributed by atoms with E-state index in [2.05, 4.69) is 16.3 Å². The molecule has 0 saturated heterocycles. The van der Waals surface area contributed by atoms with E-state index in [1.807, 2.05) is 0 Å². The van der Waals surface area contributed by atoms with Crippen LogP contribution in [0, 0.1) is 0 Å². The number of nitrogen functional groups attached to an aromatic ring is 1. The van der Waals surface area contributed by atoms with Gasteiger partial charge in [-0.2, -0.15) is 0 Å². The number of hydrogen-bond donors (Lipinski definition) is 1. The molecular weight excluding hydrogens is 265 g/mol. The second-order valence-electron chi connectivity index (χ2n) is 3.07. The quantitative estimate of drug-likeness (QED) is 0.512. The first-order valence-corrected chi connectivity index (χ1v) is 5.39. The average molecular weight is 278 g/mol. The highest BCUT2D eigenvalue weighted by Crippen LogP contribution is 2.18. The summed E-state index contributed by atoms with van der Waals surface area (Å²) >= 11 is 10.4. The molecule has 1 aromatic rings. The Labute approximate surface area is 110 Å². The van der Waals surface area contributed by atoms with Crippen LogP contribution in [0.4, 0.5) is 5.69 Å². The van der Waals surface area contributed by atoms with E-state index in [-0.39, 0.29) is 17.6 Å². The van der Waals surface area contributed by atoms with Gasteiger partial charge in [-0.15, -0.1) is 0 Å². The summed E-state index contributed by atoms with van der Waals surface area (Å²) in [5.41, 5.74) is 6.87. The summed E-state index contributed by atoms with van der Waals surface area (Å²) in [5, 5.41) is 0.202. The normalized spacial score (nSPS) is 8.94. The topological polar surface area (TPSA) is 69.4 Å². The van der Waals surface area contributed by atoms with Gasteiger partial charge < -0.3 is 10.5 Å². The minimum Gasteiger partial charge on any atom is -0.469 e. The molecule has 0 fully saturated rings. The minimum absolute atomic E-state index is 0.156. The second-order valence-corrected chi connectivity index (χ2v) is 4.04. The molecule has 0 amide bonds. The summed E-state index contributed by atoms with van der Waals surface area (Å²) in [6.07, 6.45) is 0.156. The third-order valence-corrected chi connectivity index (χ3v) is 1.90. The zero-order chi connectivity index (χ0) is 13.4. The molecule has 0 aromatic heterocycles. The molecule has 0 aliphatic rings. The largest absolute Gasteiger partial charge is 0.469 e. The number of anilines is 1. The van der Waals surface area contributed by atoms with Gasteiger partial charge >= 0.3 is 5.97 Å². The summed E-state index contributed by atoms with van der Waals surface area (Å²) in [6, 6.07) is 5.01. The van der Waals surface area contributed by atoms with Crippen LogP contribution in [0.25, 0.3) is 0 Å². The average Bonchev–Trinajstić information content (AvgIpc) is 2.22. The summed E-state index contributed by atoms with van der Waals surface area (Å²) < 4.78 is 4.51. The number of benzene rings is 1. The standard InChI is InChI=1S/C9H10ClNO2.C2H3ClO/c1-13-9(12)5-6-4-7(10)2-3-8(6)11;1-2(3)4/h2-4H,5,11H2,1H3;1H3. The van der Waals surface area contributed by atoms with Crippen molar-refractivity contribution < 1.29 is 14.3 Å². The van der Waals surface area contributed by atoms with Gasteiger partial charge in [0.15, 0.2) is 0 Å². The monoisotopic (exact) mass is 277 g/mol. The van der Waals surface area contributed by atoms with Gasteiger partial charge in [-0.1, -0.05) is 11.6 Å². The third kappa shape index (κ3) is 7.60. The van der Waals surface area contributed by atoms with Gasteiger partial charge in [0.1, 0.15) is 0 Å². The van der Waals surface area contributed by atoms with Crippen molar-refractivity contribution in [2.24, 2.45) is 0 Å². The van der Waals surface area contributed by atoms with Crippen LogP contribution >= 0.6 is 23.2 Å². The molecule has 1 rings (SSSR count). The van der Waals surface area contributed by atoms with Crippen molar-refractivity contribution in [3.05, 3.63) is 28.8 Å². The highest BCUT2D eigenvalue weighted by Gasteiger charge is 2.06. The Balaban J connectivity index is 0.000000557. The predicted octanol–water partition coefficient (Wildman–Crippen LogP) is 2.41. The van der Waals surface area contributed by atoms with Crippen LogP contribution in [-0.4, -0.2) is 18.3 Å². The molecule has 0 bridgehead atoms. The summed E-state index contributed by atoms with van der Waals surface area (Å²) in [7, 11) is 1.34. The number of ether oxygens (including phenoxy) is 1. The first-order chi connectivity index (χ1) is 7.86. The second kappa shape index (κ2) is 7.92. The van der Waals surface area contributed by atoms with Crippen molar-refractivity contribution >= 4 is 40.1 Å². The molecular formula is C11H13Cl2NO3. The maximum atomic E-state index is 10.9. The summed E-state index contributed by atoms with van der Waals surface area (Å²) in [5.74, 6) is -0.325. The molecule has 2 N–H and O–H groups in total. The molecule has 0 heterocycles. The van der Waals surface area contributed by atoms with Crippen molar-refractivity contribution in [3.63, 3.8) is 0 Å². The van der Waals surface area contributed by atoms with E-state index in [1.165, 1.54) is 14.0 Å². The molecule has 6 heteroatoms. The highest BCUT2D eigenvalue weighted by molar-refractivity contribution is 6.62. The van der Waals surface area contributed by atoms with Gasteiger partial charge in [-0.05, 0) is 35.4 Å². The smallest absolute Gasteiger partial charge is 0.310 e. The van der Waals surface area contributed by atoms with Crippen molar-refractivity contribution in [2.45, 2.75) is 13.3 Å². The van der Waals surface area contributed by atoms with Crippen LogP contribution in [0.1, 0.15) is 12.5 Å². The van der Waals surface area contributed by atoms with E-state index in [9.17, 15) is 9.59 Å². The lowest BCUT2D eigenvalue weighted by atomic mass is 10.1. The van der Waals surface area contributed by atoms with E-state index in [4.69, 9.17) is 17.3 Å². The fourth-order valence-corrected chi connectivity index (χ4v) is 1.15. The van der Waals surface area contributed by atoms with Gasteiger partial charge in [-0.25, -0.2) is 0 Å². The molecule has 0 radical (unpaired) electrons. The van der Waals surface area contributed by atoms with E-state index < -0.39 is 0 Å². The Hall–Kier alpha value is -1.26. The first-order valence-electron chi connectivity index (χ1n) is 4.63. The molecule has 0 spiro atoms. The third-order valence-electron chi connectivity index (χ3n) is 1.67. The summed E-state index contributed by atoms with van der Waals surface area (Å²) in [6.45, 7) is 1.29. The number of esters is 1. The minimum atomic E-state index is -0.361. The number of rotatable bonds is 2. The van der Waals surface area contributed by atoms with Crippen LogP contribution in [-0.2, 0) is 20.7 Å². The molecule has 0 aliphatic carbocycles. The van der Waals surface area contributed by atoms with Gasteiger partial charge in [0.25, 0.3) is 0 Å². The van der Waals surface area contributed by atoms with Crippen LogP contribution in [0.5, 0.6) is 0 Å². The summed E-state index contributed by atoms with van der Waals surface area (Å²) in [4.78, 5) is 20.1. The molecule has 17 heavy (non-hydrogen) atoms. The Morgan fingerprint density at radius 2 is 1.94 bits per heavy atom. The van der Waals surface area contributed by atoms with Crippen LogP contribution < -0.4 is 5.73 Å². The fraction of sp³-hybridized carbons (Fsp3) is 0.273. The molecule has 0 aliphatic heterocycles. The van der Waals surface area contributed by atoms with E-state index in [0.717, 1.165) is 0 Å². The van der Waals surface area contributed by atoms with E-state index >= 15 is 0 Å². The Bertz CT molecular complexity index is 404. The maximum Gasteiger partial charge on any atom is 0.310 e. The number of methoxy groups -OCH3 is 1. The maximum absolute atomic E-state index is 10.9. The lowest BCUT2D eigenvalue weighted by molar-refractivity contribution is -0.139. The van der Waals surface area contributed by atoms with Crippen LogP contribution in [0.15, 0.2) is 18.2 Å². The molecule has 0 unspecified atom stereocenters. The van der Waals surface area contributed by atoms with E-state index in [0.29, 0.717) is 16.3 Å². The molecule has 0 saturated carbocycles. The Morgan fingerprint density at radius 3 is 2.41 bits per heavy atom. The van der Waals surface area contributed by atoms with Gasteiger partial charge in [-0.3, -0.25) is 9.59 Å². The number of halogens is 2.